The summed E-state index contributed by atoms with van der Waals surface area (Å²) in [4.78, 5) is 1.22. The standard InChI is InChI=1S/C14H17FN4S2/c1-3-8-16-13-17-19(14(20)21-13)10-18(2)9-11-4-6-12(15)7-5-11/h3-7H,1,8-10H2,2H3,(H,16,17)/p+1. The van der Waals surface area contributed by atoms with Gasteiger partial charge in [0, 0.05) is 12.1 Å². The average molecular weight is 325 g/mol. The summed E-state index contributed by atoms with van der Waals surface area (Å²) in [7, 11) is 2.06. The molecule has 0 aliphatic carbocycles. The Morgan fingerprint density at radius 2 is 2.19 bits per heavy atom. The van der Waals surface area contributed by atoms with E-state index in [2.05, 4.69) is 24.0 Å². The molecule has 21 heavy (non-hydrogen) atoms. The first-order chi connectivity index (χ1) is 10.1. The van der Waals surface area contributed by atoms with E-state index in [0.717, 1.165) is 21.2 Å². The topological polar surface area (TPSA) is 34.3 Å². The van der Waals surface area contributed by atoms with E-state index >= 15 is 0 Å². The summed E-state index contributed by atoms with van der Waals surface area (Å²) in [6.45, 7) is 5.78. The fraction of sp³-hybridized carbons (Fsp3) is 0.286. The molecule has 0 aliphatic rings. The lowest BCUT2D eigenvalue weighted by molar-refractivity contribution is -0.917. The van der Waals surface area contributed by atoms with E-state index in [4.69, 9.17) is 12.2 Å². The Hall–Kier alpha value is -1.57. The third-order valence-corrected chi connectivity index (χ3v) is 4.11. The highest BCUT2D eigenvalue weighted by atomic mass is 32.1. The Kier molecular flexibility index (Phi) is 5.60. The molecular formula is C14H18FN4S2+. The zero-order chi connectivity index (χ0) is 15.2. The van der Waals surface area contributed by atoms with Gasteiger partial charge in [-0.1, -0.05) is 29.5 Å². The van der Waals surface area contributed by atoms with Crippen LogP contribution in [-0.4, -0.2) is 23.4 Å². The minimum absolute atomic E-state index is 0.212. The van der Waals surface area contributed by atoms with Crippen molar-refractivity contribution in [2.75, 3.05) is 18.9 Å². The van der Waals surface area contributed by atoms with Crippen LogP contribution >= 0.6 is 23.6 Å². The molecule has 0 bridgehead atoms. The van der Waals surface area contributed by atoms with Gasteiger partial charge in [-0.05, 0) is 24.4 Å². The van der Waals surface area contributed by atoms with Gasteiger partial charge in [-0.25, -0.2) is 4.39 Å². The molecule has 0 amide bonds. The number of nitrogens with one attached hydrogen (secondary N) is 2. The van der Waals surface area contributed by atoms with Crippen molar-refractivity contribution in [3.8, 4) is 0 Å². The van der Waals surface area contributed by atoms with Gasteiger partial charge in [-0.2, -0.15) is 4.68 Å². The first kappa shape index (κ1) is 15.8. The zero-order valence-electron chi connectivity index (χ0n) is 11.8. The highest BCUT2D eigenvalue weighted by Gasteiger charge is 2.09. The van der Waals surface area contributed by atoms with Crippen molar-refractivity contribution in [3.63, 3.8) is 0 Å². The molecule has 0 aliphatic heterocycles. The highest BCUT2D eigenvalue weighted by molar-refractivity contribution is 7.73. The first-order valence-electron chi connectivity index (χ1n) is 6.57. The number of anilines is 1. The highest BCUT2D eigenvalue weighted by Crippen LogP contribution is 2.13. The molecule has 7 heteroatoms. The van der Waals surface area contributed by atoms with Crippen LogP contribution in [0.1, 0.15) is 5.56 Å². The molecule has 0 radical (unpaired) electrons. The molecule has 1 aromatic carbocycles. The van der Waals surface area contributed by atoms with Crippen LogP contribution in [-0.2, 0) is 13.2 Å². The first-order valence-corrected chi connectivity index (χ1v) is 7.79. The Bertz CT molecular complexity index is 648. The molecule has 1 unspecified atom stereocenters. The Labute approximate surface area is 132 Å². The Morgan fingerprint density at radius 1 is 1.48 bits per heavy atom. The molecule has 0 fully saturated rings. The monoisotopic (exact) mass is 325 g/mol. The third-order valence-electron chi connectivity index (χ3n) is 2.84. The molecule has 1 atom stereocenters. The maximum atomic E-state index is 12.9. The van der Waals surface area contributed by atoms with E-state index in [9.17, 15) is 4.39 Å². The van der Waals surface area contributed by atoms with Crippen molar-refractivity contribution in [2.24, 2.45) is 0 Å². The van der Waals surface area contributed by atoms with Crippen molar-refractivity contribution < 1.29 is 9.29 Å². The maximum Gasteiger partial charge on any atom is 0.205 e. The van der Waals surface area contributed by atoms with E-state index in [1.807, 2.05) is 4.68 Å². The summed E-state index contributed by atoms with van der Waals surface area (Å²) >= 11 is 6.76. The van der Waals surface area contributed by atoms with Crippen LogP contribution in [0.3, 0.4) is 0 Å². The summed E-state index contributed by atoms with van der Waals surface area (Å²) in [5, 5.41) is 8.37. The van der Waals surface area contributed by atoms with Crippen molar-refractivity contribution in [2.45, 2.75) is 13.2 Å². The molecule has 1 aromatic heterocycles. The number of hydrogen-bond acceptors (Lipinski definition) is 4. The van der Waals surface area contributed by atoms with Gasteiger partial charge in [-0.15, -0.1) is 11.7 Å². The molecule has 2 rings (SSSR count). The van der Waals surface area contributed by atoms with Gasteiger partial charge >= 0.3 is 0 Å². The molecule has 0 saturated heterocycles. The number of nitrogens with zero attached hydrogens (tertiary/aromatic N) is 2. The van der Waals surface area contributed by atoms with Crippen molar-refractivity contribution in [3.05, 3.63) is 52.3 Å². The lowest BCUT2D eigenvalue weighted by Crippen LogP contribution is -3.07. The van der Waals surface area contributed by atoms with Crippen LogP contribution in [0.15, 0.2) is 36.9 Å². The lowest BCUT2D eigenvalue weighted by atomic mass is 10.2. The molecule has 2 aromatic rings. The number of hydrogen-bond donors (Lipinski definition) is 2. The summed E-state index contributed by atoms with van der Waals surface area (Å²) < 4.78 is 15.4. The van der Waals surface area contributed by atoms with Crippen LogP contribution in [0.25, 0.3) is 0 Å². The van der Waals surface area contributed by atoms with Crippen LogP contribution in [0.5, 0.6) is 0 Å². The molecule has 4 nitrogen and oxygen atoms in total. The van der Waals surface area contributed by atoms with E-state index in [-0.39, 0.29) is 5.82 Å². The molecule has 112 valence electrons. The summed E-state index contributed by atoms with van der Waals surface area (Å²) in [5.41, 5.74) is 1.08. The lowest BCUT2D eigenvalue weighted by Gasteiger charge is -2.13. The van der Waals surface area contributed by atoms with Crippen LogP contribution in [0.2, 0.25) is 0 Å². The Morgan fingerprint density at radius 3 is 2.86 bits per heavy atom. The van der Waals surface area contributed by atoms with Gasteiger partial charge in [0.25, 0.3) is 0 Å². The largest absolute Gasteiger partial charge is 0.357 e. The van der Waals surface area contributed by atoms with Crippen LogP contribution < -0.4 is 10.2 Å². The fourth-order valence-corrected chi connectivity index (χ4v) is 2.91. The van der Waals surface area contributed by atoms with Crippen LogP contribution in [0.4, 0.5) is 9.52 Å². The predicted molar refractivity (Wildman–Crippen MR) is 86.6 cm³/mol. The Balaban J connectivity index is 1.97. The van der Waals surface area contributed by atoms with Crippen molar-refractivity contribution in [1.29, 1.82) is 0 Å². The van der Waals surface area contributed by atoms with Crippen LogP contribution in [0, 0.1) is 9.77 Å². The van der Waals surface area contributed by atoms with Gasteiger partial charge in [0.15, 0.2) is 10.6 Å². The maximum absolute atomic E-state index is 12.9. The smallest absolute Gasteiger partial charge is 0.205 e. The fourth-order valence-electron chi connectivity index (χ4n) is 1.90. The molecule has 0 spiro atoms. The number of rotatable bonds is 7. The minimum atomic E-state index is -0.212. The van der Waals surface area contributed by atoms with Gasteiger partial charge in [0.2, 0.25) is 5.13 Å². The molecule has 0 saturated carbocycles. The second-order valence-electron chi connectivity index (χ2n) is 4.76. The van der Waals surface area contributed by atoms with Crippen molar-refractivity contribution in [1.82, 2.24) is 9.78 Å². The average Bonchev–Trinajstić information content (AvgIpc) is 2.79. The van der Waals surface area contributed by atoms with E-state index < -0.39 is 0 Å². The van der Waals surface area contributed by atoms with Gasteiger partial charge in [-0.3, -0.25) is 0 Å². The predicted octanol–water partition coefficient (Wildman–Crippen LogP) is 2.08. The number of benzene rings is 1. The van der Waals surface area contributed by atoms with Crippen molar-refractivity contribution >= 4 is 28.7 Å². The normalized spacial score (nSPS) is 12.1. The molecule has 1 heterocycles. The quantitative estimate of drug-likeness (QED) is 0.604. The minimum Gasteiger partial charge on any atom is -0.357 e. The van der Waals surface area contributed by atoms with Gasteiger partial charge in [0.05, 0.1) is 7.05 Å². The summed E-state index contributed by atoms with van der Waals surface area (Å²) in [6, 6.07) is 6.56. The van der Waals surface area contributed by atoms with E-state index in [0.29, 0.717) is 13.2 Å². The number of quaternary nitrogens is 1. The summed E-state index contributed by atoms with van der Waals surface area (Å²) in [5.74, 6) is -0.212. The molecular weight excluding hydrogens is 307 g/mol. The number of aromatic nitrogens is 2. The summed E-state index contributed by atoms with van der Waals surface area (Å²) in [6.07, 6.45) is 1.78. The number of halogens is 1. The molecule has 2 N–H and O–H groups in total. The van der Waals surface area contributed by atoms with Gasteiger partial charge < -0.3 is 10.2 Å². The van der Waals surface area contributed by atoms with E-state index in [1.54, 1.807) is 18.2 Å². The van der Waals surface area contributed by atoms with Gasteiger partial charge in [0.1, 0.15) is 12.4 Å². The second-order valence-corrected chi connectivity index (χ2v) is 6.38. The third kappa shape index (κ3) is 4.73. The SMILES string of the molecule is C=CCNc1nn(C[NH+](C)Cc2ccc(F)cc2)c(=S)s1. The zero-order valence-corrected chi connectivity index (χ0v) is 13.4. The van der Waals surface area contributed by atoms with E-state index in [1.165, 1.54) is 28.4 Å². The second kappa shape index (κ2) is 7.44.